The van der Waals surface area contributed by atoms with E-state index < -0.39 is 0 Å². The summed E-state index contributed by atoms with van der Waals surface area (Å²) < 4.78 is 22.4. The number of pyridine rings is 1. The molecule has 1 heterocycles. The summed E-state index contributed by atoms with van der Waals surface area (Å²) in [5, 5.41) is 0.817. The van der Waals surface area contributed by atoms with Crippen LogP contribution in [-0.4, -0.2) is 56.2 Å². The van der Waals surface area contributed by atoms with Crippen LogP contribution in [0.25, 0.3) is 22.0 Å². The van der Waals surface area contributed by atoms with Gasteiger partial charge in [-0.05, 0) is 57.5 Å². The Kier molecular flexibility index (Phi) is 9.60. The van der Waals surface area contributed by atoms with Crippen molar-refractivity contribution < 1.29 is 23.7 Å². The minimum absolute atomic E-state index is 0.0841. The third kappa shape index (κ3) is 6.04. The van der Waals surface area contributed by atoms with Gasteiger partial charge in [0, 0.05) is 41.1 Å². The number of carbonyl (C=O) groups is 1. The molecule has 7 nitrogen and oxygen atoms in total. The minimum atomic E-state index is -0.101. The first-order chi connectivity index (χ1) is 18.1. The second-order valence-electron chi connectivity index (χ2n) is 10.3. The number of aromatic nitrogens is 1. The van der Waals surface area contributed by atoms with Crippen LogP contribution in [0.3, 0.4) is 0 Å². The second kappa shape index (κ2) is 12.5. The standard InChI is InChI=1S/C31H42N2O5/c1-10-12-13-24(34)30-23(19-33(11-2)31(3,4)5)32-22-18-28(38-9)27(37-8)17-21(22)29(30)20-14-15-25(35-6)26(16-20)36-7/h14-18H,10-13,19H2,1-9H3. The van der Waals surface area contributed by atoms with E-state index in [1.807, 2.05) is 30.3 Å². The summed E-state index contributed by atoms with van der Waals surface area (Å²) in [6, 6.07) is 9.56. The summed E-state index contributed by atoms with van der Waals surface area (Å²) in [4.78, 5) is 21.4. The average Bonchev–Trinajstić information content (AvgIpc) is 2.91. The molecule has 0 amide bonds. The Bertz CT molecular complexity index is 1280. The minimum Gasteiger partial charge on any atom is -0.493 e. The summed E-state index contributed by atoms with van der Waals surface area (Å²) >= 11 is 0. The number of unbranched alkanes of at least 4 members (excludes halogenated alkanes) is 1. The zero-order valence-corrected chi connectivity index (χ0v) is 24.4. The Morgan fingerprint density at radius 3 is 2.03 bits per heavy atom. The third-order valence-electron chi connectivity index (χ3n) is 6.94. The zero-order valence-electron chi connectivity index (χ0n) is 24.4. The van der Waals surface area contributed by atoms with E-state index in [1.165, 1.54) is 0 Å². The van der Waals surface area contributed by atoms with E-state index in [1.54, 1.807) is 28.4 Å². The number of methoxy groups -OCH3 is 4. The van der Waals surface area contributed by atoms with Crippen LogP contribution in [-0.2, 0) is 6.54 Å². The number of ether oxygens (including phenoxy) is 4. The highest BCUT2D eigenvalue weighted by molar-refractivity contribution is 6.11. The van der Waals surface area contributed by atoms with Crippen molar-refractivity contribution >= 4 is 16.7 Å². The fraction of sp³-hybridized carbons (Fsp3) is 0.484. The first-order valence-corrected chi connectivity index (χ1v) is 13.2. The Balaban J connectivity index is 2.48. The summed E-state index contributed by atoms with van der Waals surface area (Å²) in [5.41, 5.74) is 3.70. The number of Topliss-reactive ketones (excluding diaryl/α,β-unsaturated/α-hetero) is 1. The van der Waals surface area contributed by atoms with Gasteiger partial charge in [-0.3, -0.25) is 14.7 Å². The van der Waals surface area contributed by atoms with Crippen LogP contribution in [0.2, 0.25) is 0 Å². The lowest BCUT2D eigenvalue weighted by molar-refractivity contribution is 0.0972. The molecule has 3 aromatic rings. The van der Waals surface area contributed by atoms with Crippen molar-refractivity contribution in [3.63, 3.8) is 0 Å². The van der Waals surface area contributed by atoms with Gasteiger partial charge in [-0.1, -0.05) is 26.3 Å². The van der Waals surface area contributed by atoms with E-state index in [0.29, 0.717) is 41.5 Å². The van der Waals surface area contributed by atoms with Gasteiger partial charge in [-0.25, -0.2) is 0 Å². The number of carbonyl (C=O) groups excluding carboxylic acids is 1. The van der Waals surface area contributed by atoms with Crippen LogP contribution in [0, 0.1) is 0 Å². The van der Waals surface area contributed by atoms with E-state index in [-0.39, 0.29) is 11.3 Å². The van der Waals surface area contributed by atoms with Gasteiger partial charge in [0.15, 0.2) is 28.8 Å². The number of rotatable bonds is 12. The zero-order chi connectivity index (χ0) is 28.0. The molecule has 0 aliphatic heterocycles. The molecule has 0 saturated carbocycles. The number of hydrogen-bond acceptors (Lipinski definition) is 7. The van der Waals surface area contributed by atoms with Gasteiger partial charge in [-0.2, -0.15) is 0 Å². The topological polar surface area (TPSA) is 70.1 Å². The number of fused-ring (bicyclic) bond motifs is 1. The average molecular weight is 523 g/mol. The van der Waals surface area contributed by atoms with Gasteiger partial charge in [-0.15, -0.1) is 0 Å². The van der Waals surface area contributed by atoms with E-state index in [9.17, 15) is 4.79 Å². The smallest absolute Gasteiger partial charge is 0.165 e. The lowest BCUT2D eigenvalue weighted by atomic mass is 9.89. The van der Waals surface area contributed by atoms with Crippen molar-refractivity contribution in [3.8, 4) is 34.1 Å². The van der Waals surface area contributed by atoms with Crippen LogP contribution >= 0.6 is 0 Å². The highest BCUT2D eigenvalue weighted by atomic mass is 16.5. The van der Waals surface area contributed by atoms with Gasteiger partial charge in [0.05, 0.1) is 39.6 Å². The molecular formula is C31H42N2O5. The highest BCUT2D eigenvalue weighted by Gasteiger charge is 2.28. The maximum absolute atomic E-state index is 14.0. The monoisotopic (exact) mass is 522 g/mol. The van der Waals surface area contributed by atoms with Crippen molar-refractivity contribution in [1.29, 1.82) is 0 Å². The molecule has 38 heavy (non-hydrogen) atoms. The highest BCUT2D eigenvalue weighted by Crippen LogP contribution is 2.42. The van der Waals surface area contributed by atoms with Gasteiger partial charge in [0.25, 0.3) is 0 Å². The maximum atomic E-state index is 14.0. The molecule has 0 aliphatic carbocycles. The van der Waals surface area contributed by atoms with Crippen LogP contribution in [0.15, 0.2) is 30.3 Å². The molecule has 1 aromatic heterocycles. The third-order valence-corrected chi connectivity index (χ3v) is 6.94. The SMILES string of the molecule is CCCCC(=O)c1c(CN(CC)C(C)(C)C)nc2cc(OC)c(OC)cc2c1-c1ccc(OC)c(OC)c1. The summed E-state index contributed by atoms with van der Waals surface area (Å²) in [5.74, 6) is 2.46. The summed E-state index contributed by atoms with van der Waals surface area (Å²) in [7, 11) is 6.44. The van der Waals surface area contributed by atoms with Crippen LogP contribution in [0.5, 0.6) is 23.0 Å². The maximum Gasteiger partial charge on any atom is 0.165 e. The molecule has 0 N–H and O–H groups in total. The molecule has 0 bridgehead atoms. The second-order valence-corrected chi connectivity index (χ2v) is 10.3. The number of nitrogens with zero attached hydrogens (tertiary/aromatic N) is 2. The first kappa shape index (κ1) is 29.2. The van der Waals surface area contributed by atoms with E-state index >= 15 is 0 Å². The van der Waals surface area contributed by atoms with E-state index in [4.69, 9.17) is 23.9 Å². The van der Waals surface area contributed by atoms with Crippen LogP contribution in [0.1, 0.15) is 69.9 Å². The Morgan fingerprint density at radius 1 is 0.868 bits per heavy atom. The van der Waals surface area contributed by atoms with Gasteiger partial charge < -0.3 is 18.9 Å². The Hall–Kier alpha value is -3.32. The van der Waals surface area contributed by atoms with E-state index in [2.05, 4.69) is 39.5 Å². The molecule has 0 atom stereocenters. The molecule has 0 unspecified atom stereocenters. The fourth-order valence-electron chi connectivity index (χ4n) is 4.81. The van der Waals surface area contributed by atoms with Crippen LogP contribution in [0.4, 0.5) is 0 Å². The molecule has 0 saturated heterocycles. The predicted octanol–water partition coefficient (Wildman–Crippen LogP) is 6.93. The molecule has 7 heteroatoms. The van der Waals surface area contributed by atoms with Crippen molar-refractivity contribution in [2.45, 2.75) is 66.0 Å². The summed E-state index contributed by atoms with van der Waals surface area (Å²) in [6.45, 7) is 12.1. The summed E-state index contributed by atoms with van der Waals surface area (Å²) in [6.07, 6.45) is 2.19. The quantitative estimate of drug-likeness (QED) is 0.239. The van der Waals surface area contributed by atoms with Gasteiger partial charge in [0.1, 0.15) is 0 Å². The number of hydrogen-bond donors (Lipinski definition) is 0. The molecule has 0 spiro atoms. The fourth-order valence-corrected chi connectivity index (χ4v) is 4.81. The molecule has 0 fully saturated rings. The normalized spacial score (nSPS) is 11.6. The molecule has 206 valence electrons. The lowest BCUT2D eigenvalue weighted by Gasteiger charge is -2.35. The number of benzene rings is 2. The lowest BCUT2D eigenvalue weighted by Crippen LogP contribution is -2.41. The van der Waals surface area contributed by atoms with Crippen molar-refractivity contribution in [2.24, 2.45) is 0 Å². The van der Waals surface area contributed by atoms with Gasteiger partial charge >= 0.3 is 0 Å². The molecule has 0 radical (unpaired) electrons. The van der Waals surface area contributed by atoms with Crippen molar-refractivity contribution in [3.05, 3.63) is 41.6 Å². The Morgan fingerprint density at radius 2 is 1.47 bits per heavy atom. The molecule has 2 aromatic carbocycles. The first-order valence-electron chi connectivity index (χ1n) is 13.2. The van der Waals surface area contributed by atoms with Gasteiger partial charge in [0.2, 0.25) is 0 Å². The molecule has 3 rings (SSSR count). The number of ketones is 1. The van der Waals surface area contributed by atoms with Crippen LogP contribution < -0.4 is 18.9 Å². The largest absolute Gasteiger partial charge is 0.493 e. The Labute approximate surface area is 227 Å². The predicted molar refractivity (Wildman–Crippen MR) is 153 cm³/mol. The molecular weight excluding hydrogens is 480 g/mol. The van der Waals surface area contributed by atoms with E-state index in [0.717, 1.165) is 47.1 Å². The van der Waals surface area contributed by atoms with Crippen molar-refractivity contribution in [1.82, 2.24) is 9.88 Å². The van der Waals surface area contributed by atoms with Crippen molar-refractivity contribution in [2.75, 3.05) is 35.0 Å². The molecule has 0 aliphatic rings.